The predicted octanol–water partition coefficient (Wildman–Crippen LogP) is 1.72. The number of tetrazole rings is 1. The molecule has 4 atom stereocenters. The number of nitrogens with one attached hydrogen (secondary N) is 2. The van der Waals surface area contributed by atoms with Gasteiger partial charge in [-0.25, -0.2) is 8.78 Å². The first-order valence-corrected chi connectivity index (χ1v) is 9.18. The number of halogens is 2. The second-order valence-electron chi connectivity index (χ2n) is 6.92. The molecule has 6 nitrogen and oxygen atoms in total. The Morgan fingerprint density at radius 3 is 2.61 bits per heavy atom. The van der Waals surface area contributed by atoms with Gasteiger partial charge in [-0.3, -0.25) is 4.79 Å². The number of carbonyl (C=O) groups is 1. The van der Waals surface area contributed by atoms with E-state index in [9.17, 15) is 13.6 Å². The Kier molecular flexibility index (Phi) is 3.58. The van der Waals surface area contributed by atoms with Crippen LogP contribution < -0.4 is 5.32 Å². The molecule has 1 aromatic heterocycles. The maximum absolute atomic E-state index is 14.0. The van der Waals surface area contributed by atoms with Gasteiger partial charge in [-0.1, -0.05) is 5.21 Å². The largest absolute Gasteiger partial charge is 0.342 e. The highest BCUT2D eigenvalue weighted by atomic mass is 32.2. The molecule has 1 amide bonds. The number of H-pyrrole nitrogens is 1. The lowest BCUT2D eigenvalue weighted by Gasteiger charge is -2.36. The zero-order chi connectivity index (χ0) is 16.1. The van der Waals surface area contributed by atoms with E-state index in [0.29, 0.717) is 24.4 Å². The molecule has 2 heterocycles. The summed E-state index contributed by atoms with van der Waals surface area (Å²) in [5, 5.41) is 17.2. The Morgan fingerprint density at radius 1 is 1.30 bits per heavy atom. The SMILES string of the molecule is O=C(NC1(c2nn[nH]n2)CCSC1)C1C[C@H]2CC[C@@H](C1)C2(F)F. The molecule has 4 rings (SSSR count). The average Bonchev–Trinajstić information content (AvgIpc) is 3.20. The summed E-state index contributed by atoms with van der Waals surface area (Å²) in [4.78, 5) is 12.7. The van der Waals surface area contributed by atoms with Crippen molar-refractivity contribution in [2.45, 2.75) is 43.6 Å². The van der Waals surface area contributed by atoms with Gasteiger partial charge in [0.25, 0.3) is 5.92 Å². The van der Waals surface area contributed by atoms with E-state index in [1.165, 1.54) is 0 Å². The number of alkyl halides is 2. The molecule has 2 N–H and O–H groups in total. The molecule has 2 aliphatic carbocycles. The van der Waals surface area contributed by atoms with Crippen LogP contribution in [0.3, 0.4) is 0 Å². The van der Waals surface area contributed by atoms with Crippen LogP contribution in [0.1, 0.15) is 37.9 Å². The van der Waals surface area contributed by atoms with Gasteiger partial charge in [0, 0.05) is 23.5 Å². The van der Waals surface area contributed by atoms with E-state index in [1.54, 1.807) is 11.8 Å². The molecule has 1 aromatic rings. The third kappa shape index (κ3) is 2.43. The number of hydrogen-bond acceptors (Lipinski definition) is 5. The fourth-order valence-electron chi connectivity index (χ4n) is 4.27. The van der Waals surface area contributed by atoms with Crippen LogP contribution in [0.4, 0.5) is 8.78 Å². The third-order valence-electron chi connectivity index (χ3n) is 5.62. The van der Waals surface area contributed by atoms with Crippen LogP contribution >= 0.6 is 11.8 Å². The molecule has 126 valence electrons. The lowest BCUT2D eigenvalue weighted by Crippen LogP contribution is -2.51. The number of rotatable bonds is 3. The van der Waals surface area contributed by atoms with Crippen LogP contribution in [0.25, 0.3) is 0 Å². The van der Waals surface area contributed by atoms with Gasteiger partial charge >= 0.3 is 0 Å². The minimum absolute atomic E-state index is 0.135. The summed E-state index contributed by atoms with van der Waals surface area (Å²) in [6.45, 7) is 0. The van der Waals surface area contributed by atoms with Gasteiger partial charge < -0.3 is 5.32 Å². The summed E-state index contributed by atoms with van der Waals surface area (Å²) in [6, 6.07) is 0. The van der Waals surface area contributed by atoms with E-state index >= 15 is 0 Å². The molecule has 3 aliphatic rings. The molecule has 9 heteroatoms. The van der Waals surface area contributed by atoms with Crippen molar-refractivity contribution in [3.05, 3.63) is 5.82 Å². The Bertz CT molecular complexity index is 574. The Balaban J connectivity index is 1.50. The maximum Gasteiger partial charge on any atom is 0.253 e. The molecule has 23 heavy (non-hydrogen) atoms. The first kappa shape index (κ1) is 15.3. The molecule has 0 radical (unpaired) electrons. The molecule has 2 bridgehead atoms. The number of fused-ring (bicyclic) bond motifs is 2. The Hall–Kier alpha value is -1.25. The van der Waals surface area contributed by atoms with Crippen LogP contribution in [-0.2, 0) is 10.3 Å². The molecule has 2 unspecified atom stereocenters. The van der Waals surface area contributed by atoms with Gasteiger partial charge in [0.05, 0.1) is 0 Å². The summed E-state index contributed by atoms with van der Waals surface area (Å²) in [6.07, 6.45) is 2.37. The highest BCUT2D eigenvalue weighted by Gasteiger charge is 2.57. The van der Waals surface area contributed by atoms with Crippen LogP contribution in [0.5, 0.6) is 0 Å². The zero-order valence-electron chi connectivity index (χ0n) is 12.6. The van der Waals surface area contributed by atoms with Crippen LogP contribution in [0.15, 0.2) is 0 Å². The van der Waals surface area contributed by atoms with Gasteiger partial charge in [0.2, 0.25) is 11.7 Å². The van der Waals surface area contributed by atoms with Crippen molar-refractivity contribution in [2.24, 2.45) is 17.8 Å². The number of amides is 1. The summed E-state index contributed by atoms with van der Waals surface area (Å²) < 4.78 is 28.1. The zero-order valence-corrected chi connectivity index (χ0v) is 13.4. The van der Waals surface area contributed by atoms with E-state index in [1.807, 2.05) is 0 Å². The lowest BCUT2D eigenvalue weighted by atomic mass is 9.77. The van der Waals surface area contributed by atoms with Gasteiger partial charge in [-0.2, -0.15) is 17.0 Å². The number of aromatic nitrogens is 4. The third-order valence-corrected chi connectivity index (χ3v) is 6.81. The normalized spacial score (nSPS) is 38.6. The second kappa shape index (κ2) is 5.39. The van der Waals surface area contributed by atoms with Gasteiger partial charge in [0.15, 0.2) is 0 Å². The van der Waals surface area contributed by atoms with Crippen molar-refractivity contribution in [2.75, 3.05) is 11.5 Å². The number of hydrogen-bond donors (Lipinski definition) is 2. The quantitative estimate of drug-likeness (QED) is 0.873. The number of thioether (sulfide) groups is 1. The standard InChI is InChI=1S/C14H19F2N5OS/c15-14(16)9-1-2-10(14)6-8(5-9)11(22)17-13(3-4-23-7-13)12-18-20-21-19-12/h8-10H,1-7H2,(H,17,22)(H,18,19,20,21)/t8?,9-,10+,13?. The number of carbonyl (C=O) groups excluding carboxylic acids is 1. The van der Waals surface area contributed by atoms with Crippen molar-refractivity contribution in [3.8, 4) is 0 Å². The van der Waals surface area contributed by atoms with E-state index in [-0.39, 0.29) is 24.7 Å². The van der Waals surface area contributed by atoms with Crippen molar-refractivity contribution in [3.63, 3.8) is 0 Å². The van der Waals surface area contributed by atoms with Gasteiger partial charge in [-0.15, -0.1) is 10.2 Å². The molecule has 3 fully saturated rings. The van der Waals surface area contributed by atoms with Gasteiger partial charge in [-0.05, 0) is 37.9 Å². The highest BCUT2D eigenvalue weighted by molar-refractivity contribution is 7.99. The monoisotopic (exact) mass is 343 g/mol. The fourth-order valence-corrected chi connectivity index (χ4v) is 5.60. The number of nitrogens with zero attached hydrogens (tertiary/aromatic N) is 3. The van der Waals surface area contributed by atoms with Gasteiger partial charge in [0.1, 0.15) is 5.54 Å². The van der Waals surface area contributed by atoms with E-state index in [2.05, 4.69) is 25.9 Å². The molecule has 1 saturated heterocycles. The van der Waals surface area contributed by atoms with Crippen molar-refractivity contribution in [1.82, 2.24) is 25.9 Å². The van der Waals surface area contributed by atoms with Crippen molar-refractivity contribution < 1.29 is 13.6 Å². The molecule has 0 aromatic carbocycles. The summed E-state index contributed by atoms with van der Waals surface area (Å²) in [7, 11) is 0. The topological polar surface area (TPSA) is 83.6 Å². The molecule has 0 spiro atoms. The minimum Gasteiger partial charge on any atom is -0.342 e. The maximum atomic E-state index is 14.0. The van der Waals surface area contributed by atoms with Crippen LogP contribution in [0.2, 0.25) is 0 Å². The second-order valence-corrected chi connectivity index (χ2v) is 8.03. The first-order valence-electron chi connectivity index (χ1n) is 8.03. The molecule has 1 aliphatic heterocycles. The first-order chi connectivity index (χ1) is 11.0. The summed E-state index contributed by atoms with van der Waals surface area (Å²) >= 11 is 1.72. The highest BCUT2D eigenvalue weighted by Crippen LogP contribution is 2.54. The molecular weight excluding hydrogens is 324 g/mol. The molecule has 2 saturated carbocycles. The van der Waals surface area contributed by atoms with E-state index < -0.39 is 23.3 Å². The summed E-state index contributed by atoms with van der Waals surface area (Å²) in [5.41, 5.74) is -0.617. The smallest absolute Gasteiger partial charge is 0.253 e. The predicted molar refractivity (Wildman–Crippen MR) is 79.8 cm³/mol. The van der Waals surface area contributed by atoms with Crippen molar-refractivity contribution >= 4 is 17.7 Å². The molecular formula is C14H19F2N5OS. The minimum atomic E-state index is -2.59. The Morgan fingerprint density at radius 2 is 2.04 bits per heavy atom. The lowest BCUT2D eigenvalue weighted by molar-refractivity contribution is -0.140. The van der Waals surface area contributed by atoms with E-state index in [0.717, 1.165) is 12.2 Å². The number of aromatic amines is 1. The van der Waals surface area contributed by atoms with Crippen LogP contribution in [0, 0.1) is 17.8 Å². The fraction of sp³-hybridized carbons (Fsp3) is 0.857. The Labute approximate surface area is 136 Å². The average molecular weight is 343 g/mol. The van der Waals surface area contributed by atoms with Crippen LogP contribution in [-0.4, -0.2) is 44.0 Å². The van der Waals surface area contributed by atoms with E-state index in [4.69, 9.17) is 0 Å². The van der Waals surface area contributed by atoms with Crippen molar-refractivity contribution in [1.29, 1.82) is 0 Å². The summed E-state index contributed by atoms with van der Waals surface area (Å²) in [5.74, 6) is -2.26.